The van der Waals surface area contributed by atoms with Crippen molar-refractivity contribution in [3.63, 3.8) is 0 Å². The summed E-state index contributed by atoms with van der Waals surface area (Å²) in [7, 11) is 0. The molecule has 1 aliphatic heterocycles. The maximum atomic E-state index is 11.6. The van der Waals surface area contributed by atoms with Crippen molar-refractivity contribution < 1.29 is 23.8 Å². The quantitative estimate of drug-likeness (QED) is 0.359. The van der Waals surface area contributed by atoms with E-state index in [0.29, 0.717) is 5.92 Å². The number of hydrogen-bond acceptors (Lipinski definition) is 5. The van der Waals surface area contributed by atoms with Crippen molar-refractivity contribution in [1.82, 2.24) is 0 Å². The van der Waals surface area contributed by atoms with Crippen LogP contribution in [0.2, 0.25) is 0 Å². The normalized spacial score (nSPS) is 50.9. The second kappa shape index (κ2) is 8.14. The second-order valence-corrected chi connectivity index (χ2v) is 11.7. The average molecular weight is 443 g/mol. The monoisotopic (exact) mass is 442 g/mol. The standard InChI is InChI=1S/C20H26O2.C7H12O3/c1-2-16(21)22-15-7-11-6-12(15)20-14-8-13(19(11)20)17-9-3-4-10(5-9)18(14)17;1-6(8)10-7-4-2-3-5-9-7/h2,9-15,17-20H,1,3-8H2;7H,2-5H2,1H3. The smallest absolute Gasteiger partial charge is 0.330 e. The first-order valence-corrected chi connectivity index (χ1v) is 13.2. The summed E-state index contributed by atoms with van der Waals surface area (Å²) >= 11 is 0. The van der Waals surface area contributed by atoms with Gasteiger partial charge in [-0.05, 0) is 111 Å². The zero-order valence-electron chi connectivity index (χ0n) is 19.3. The van der Waals surface area contributed by atoms with Gasteiger partial charge in [-0.2, -0.15) is 0 Å². The van der Waals surface area contributed by atoms with Gasteiger partial charge in [0.2, 0.25) is 6.29 Å². The van der Waals surface area contributed by atoms with Gasteiger partial charge in [0.05, 0.1) is 6.61 Å². The molecule has 0 amide bonds. The number of esters is 2. The fraction of sp³-hybridized carbons (Fsp3) is 0.852. The third kappa shape index (κ3) is 3.28. The van der Waals surface area contributed by atoms with Crippen LogP contribution >= 0.6 is 0 Å². The number of rotatable bonds is 3. The van der Waals surface area contributed by atoms with E-state index in [9.17, 15) is 9.59 Å². The molecule has 12 atom stereocenters. The van der Waals surface area contributed by atoms with Crippen LogP contribution in [0.15, 0.2) is 12.7 Å². The molecular weight excluding hydrogens is 404 g/mol. The highest BCUT2D eigenvalue weighted by molar-refractivity contribution is 5.81. The highest BCUT2D eigenvalue weighted by Crippen LogP contribution is 2.76. The Bertz CT molecular complexity index is 772. The van der Waals surface area contributed by atoms with Crippen molar-refractivity contribution in [2.45, 2.75) is 77.1 Å². The molecule has 0 aromatic carbocycles. The first kappa shape index (κ1) is 21.2. The van der Waals surface area contributed by atoms with Crippen LogP contribution in [0.1, 0.15) is 64.7 Å². The highest BCUT2D eigenvalue weighted by atomic mass is 16.7. The van der Waals surface area contributed by atoms with Gasteiger partial charge in [-0.25, -0.2) is 4.79 Å². The molecular formula is C27H38O5. The second-order valence-electron chi connectivity index (χ2n) is 11.7. The van der Waals surface area contributed by atoms with Crippen LogP contribution < -0.4 is 0 Å². The van der Waals surface area contributed by atoms with Gasteiger partial charge >= 0.3 is 11.9 Å². The summed E-state index contributed by atoms with van der Waals surface area (Å²) in [5.74, 6) is 9.42. The number of carbonyl (C=O) groups excluding carboxylic acids is 2. The Hall–Kier alpha value is -1.36. The molecule has 32 heavy (non-hydrogen) atoms. The lowest BCUT2D eigenvalue weighted by molar-refractivity contribution is -0.184. The first-order valence-electron chi connectivity index (χ1n) is 13.2. The minimum Gasteiger partial charge on any atom is -0.459 e. The molecule has 6 aliphatic carbocycles. The summed E-state index contributed by atoms with van der Waals surface area (Å²) in [6.45, 7) is 5.69. The fourth-order valence-corrected chi connectivity index (χ4v) is 10.1. The van der Waals surface area contributed by atoms with Crippen molar-refractivity contribution in [3.8, 4) is 0 Å². The summed E-state index contributed by atoms with van der Waals surface area (Å²) in [4.78, 5) is 22.1. The van der Waals surface area contributed by atoms with E-state index in [-0.39, 0.29) is 24.3 Å². The summed E-state index contributed by atoms with van der Waals surface area (Å²) in [6.07, 6.45) is 13.0. The van der Waals surface area contributed by atoms with Gasteiger partial charge in [-0.3, -0.25) is 4.79 Å². The van der Waals surface area contributed by atoms with E-state index in [1.54, 1.807) is 12.8 Å². The maximum Gasteiger partial charge on any atom is 0.330 e. The summed E-state index contributed by atoms with van der Waals surface area (Å²) in [5, 5.41) is 0. The number of ether oxygens (including phenoxy) is 3. The Morgan fingerprint density at radius 1 is 0.812 bits per heavy atom. The maximum absolute atomic E-state index is 11.6. The van der Waals surface area contributed by atoms with Crippen molar-refractivity contribution in [1.29, 1.82) is 0 Å². The first-order chi connectivity index (χ1) is 15.5. The van der Waals surface area contributed by atoms with Crippen LogP contribution in [0, 0.1) is 59.2 Å². The Kier molecular flexibility index (Phi) is 5.39. The van der Waals surface area contributed by atoms with Crippen LogP contribution in [0.3, 0.4) is 0 Å². The van der Waals surface area contributed by atoms with Crippen molar-refractivity contribution in [2.24, 2.45) is 59.2 Å². The van der Waals surface area contributed by atoms with Gasteiger partial charge in [0.1, 0.15) is 6.10 Å². The molecule has 0 radical (unpaired) electrons. The lowest BCUT2D eigenvalue weighted by Crippen LogP contribution is -2.44. The van der Waals surface area contributed by atoms with E-state index in [4.69, 9.17) is 14.2 Å². The van der Waals surface area contributed by atoms with E-state index in [1.165, 1.54) is 32.3 Å². The molecule has 176 valence electrons. The van der Waals surface area contributed by atoms with Crippen LogP contribution in [0.5, 0.6) is 0 Å². The van der Waals surface area contributed by atoms with Crippen LogP contribution in [0.4, 0.5) is 0 Å². The lowest BCUT2D eigenvalue weighted by atomic mass is 9.59. The highest BCUT2D eigenvalue weighted by Gasteiger charge is 2.71. The summed E-state index contributed by atoms with van der Waals surface area (Å²) in [6, 6.07) is 0. The SMILES string of the molecule is C=CC(=O)OC1CC2CC1C1C3CC(C4C5CCC(C5)C34)C21.CC(=O)OC1CCCCO1. The van der Waals surface area contributed by atoms with Gasteiger partial charge in [-0.15, -0.1) is 0 Å². The van der Waals surface area contributed by atoms with Crippen LogP contribution in [-0.2, 0) is 23.8 Å². The summed E-state index contributed by atoms with van der Waals surface area (Å²) in [5.41, 5.74) is 0. The molecule has 0 aromatic rings. The Morgan fingerprint density at radius 3 is 2.19 bits per heavy atom. The minimum absolute atomic E-state index is 0.199. The molecule has 7 rings (SSSR count). The molecule has 1 saturated heterocycles. The topological polar surface area (TPSA) is 61.8 Å². The van der Waals surface area contributed by atoms with E-state index >= 15 is 0 Å². The molecule has 7 aliphatic rings. The van der Waals surface area contributed by atoms with Gasteiger partial charge in [0, 0.05) is 19.4 Å². The van der Waals surface area contributed by atoms with E-state index in [1.807, 2.05) is 0 Å². The molecule has 5 heteroatoms. The van der Waals surface area contributed by atoms with Crippen molar-refractivity contribution >= 4 is 11.9 Å². The molecule has 6 saturated carbocycles. The van der Waals surface area contributed by atoms with Crippen molar-refractivity contribution in [3.05, 3.63) is 12.7 Å². The third-order valence-electron chi connectivity index (χ3n) is 10.5. The molecule has 7 fully saturated rings. The Morgan fingerprint density at radius 2 is 1.53 bits per heavy atom. The molecule has 0 aromatic heterocycles. The number of carbonyl (C=O) groups is 2. The van der Waals surface area contributed by atoms with Gasteiger partial charge in [0.15, 0.2) is 0 Å². The van der Waals surface area contributed by atoms with E-state index in [0.717, 1.165) is 85.6 Å². The van der Waals surface area contributed by atoms with Gasteiger partial charge in [0.25, 0.3) is 0 Å². The Labute approximate surface area is 191 Å². The van der Waals surface area contributed by atoms with Gasteiger partial charge in [-0.1, -0.05) is 6.58 Å². The van der Waals surface area contributed by atoms with Gasteiger partial charge < -0.3 is 14.2 Å². The fourth-order valence-electron chi connectivity index (χ4n) is 10.1. The number of fused-ring (bicyclic) bond motifs is 16. The molecule has 5 nitrogen and oxygen atoms in total. The minimum atomic E-state index is -0.272. The predicted octanol–water partition coefficient (Wildman–Crippen LogP) is 4.74. The third-order valence-corrected chi connectivity index (χ3v) is 10.5. The Balaban J connectivity index is 0.000000167. The zero-order valence-corrected chi connectivity index (χ0v) is 19.3. The van der Waals surface area contributed by atoms with E-state index in [2.05, 4.69) is 6.58 Å². The molecule has 0 spiro atoms. The van der Waals surface area contributed by atoms with Crippen LogP contribution in [0.25, 0.3) is 0 Å². The molecule has 6 bridgehead atoms. The van der Waals surface area contributed by atoms with E-state index < -0.39 is 0 Å². The van der Waals surface area contributed by atoms with Crippen molar-refractivity contribution in [2.75, 3.05) is 6.61 Å². The number of hydrogen-bond donors (Lipinski definition) is 0. The van der Waals surface area contributed by atoms with Crippen LogP contribution in [-0.4, -0.2) is 30.9 Å². The largest absolute Gasteiger partial charge is 0.459 e. The zero-order chi connectivity index (χ0) is 22.0. The average Bonchev–Trinajstić information content (AvgIpc) is 3.60. The molecule has 1 heterocycles. The predicted molar refractivity (Wildman–Crippen MR) is 118 cm³/mol. The lowest BCUT2D eigenvalue weighted by Gasteiger charge is -2.46. The summed E-state index contributed by atoms with van der Waals surface area (Å²) < 4.78 is 15.7. The molecule has 12 unspecified atom stereocenters. The molecule has 0 N–H and O–H groups in total.